The highest BCUT2D eigenvalue weighted by atomic mass is 16.4. The van der Waals surface area contributed by atoms with Gasteiger partial charge in [0.2, 0.25) is 5.91 Å². The first-order valence-electron chi connectivity index (χ1n) is 6.39. The fourth-order valence-corrected chi connectivity index (χ4v) is 2.40. The number of piperazine rings is 1. The molecule has 18 heavy (non-hydrogen) atoms. The third-order valence-electron chi connectivity index (χ3n) is 3.62. The molecule has 0 aromatic heterocycles. The van der Waals surface area contributed by atoms with Gasteiger partial charge in [0.25, 0.3) is 0 Å². The third-order valence-corrected chi connectivity index (χ3v) is 3.62. The zero-order chi connectivity index (χ0) is 14.1. The zero-order valence-corrected chi connectivity index (χ0v) is 11.9. The van der Waals surface area contributed by atoms with E-state index in [0.29, 0.717) is 6.42 Å². The summed E-state index contributed by atoms with van der Waals surface area (Å²) in [5, 5.41) is 8.79. The number of aliphatic carboxylic acids is 1. The number of rotatable bonds is 3. The summed E-state index contributed by atoms with van der Waals surface area (Å²) >= 11 is 0. The Hall–Kier alpha value is -1.10. The molecule has 2 atom stereocenters. The van der Waals surface area contributed by atoms with Gasteiger partial charge >= 0.3 is 5.97 Å². The summed E-state index contributed by atoms with van der Waals surface area (Å²) in [5.41, 5.74) is -0.131. The van der Waals surface area contributed by atoms with Crippen LogP contribution in [0.5, 0.6) is 0 Å². The van der Waals surface area contributed by atoms with Crippen molar-refractivity contribution in [1.29, 1.82) is 0 Å². The van der Waals surface area contributed by atoms with Crippen LogP contribution in [0.3, 0.4) is 0 Å². The van der Waals surface area contributed by atoms with Gasteiger partial charge in [-0.15, -0.1) is 0 Å². The maximum Gasteiger partial charge on any atom is 0.303 e. The van der Waals surface area contributed by atoms with Crippen LogP contribution >= 0.6 is 0 Å². The molecule has 1 heterocycles. The van der Waals surface area contributed by atoms with E-state index in [1.165, 1.54) is 0 Å². The lowest BCUT2D eigenvalue weighted by Crippen LogP contribution is -2.64. The number of amides is 1. The molecular weight excluding hydrogens is 232 g/mol. The van der Waals surface area contributed by atoms with Gasteiger partial charge in [-0.1, -0.05) is 0 Å². The Kier molecular flexibility index (Phi) is 4.37. The normalized spacial score (nSPS) is 26.5. The molecule has 0 aromatic carbocycles. The first-order chi connectivity index (χ1) is 8.14. The summed E-state index contributed by atoms with van der Waals surface area (Å²) in [6, 6.07) is -0.153. The predicted octanol–water partition coefficient (Wildman–Crippen LogP) is 1.18. The number of hydrogen-bond donors (Lipinski definition) is 1. The van der Waals surface area contributed by atoms with Crippen LogP contribution in [0.4, 0.5) is 0 Å². The van der Waals surface area contributed by atoms with E-state index in [9.17, 15) is 9.59 Å². The SMILES string of the molecule is CC1CN(C(C)(C)C)C(CCC(=O)O)C(=O)N1C. The molecule has 2 unspecified atom stereocenters. The Balaban J connectivity index is 2.90. The fourth-order valence-electron chi connectivity index (χ4n) is 2.40. The molecule has 0 saturated carbocycles. The molecular formula is C13H24N2O3. The molecule has 0 bridgehead atoms. The van der Waals surface area contributed by atoms with Gasteiger partial charge in [0.05, 0.1) is 6.04 Å². The van der Waals surface area contributed by atoms with Crippen LogP contribution in [0.25, 0.3) is 0 Å². The fraction of sp³-hybridized carbons (Fsp3) is 0.846. The second kappa shape index (κ2) is 5.26. The second-order valence-electron chi connectivity index (χ2n) is 6.07. The van der Waals surface area contributed by atoms with Crippen molar-refractivity contribution in [2.45, 2.75) is 58.2 Å². The molecule has 1 aliphatic rings. The number of carbonyl (C=O) groups is 2. The first kappa shape index (κ1) is 15.0. The van der Waals surface area contributed by atoms with Crippen molar-refractivity contribution in [2.75, 3.05) is 13.6 Å². The summed E-state index contributed by atoms with van der Waals surface area (Å²) < 4.78 is 0. The molecule has 5 heteroatoms. The Morgan fingerprint density at radius 2 is 2.00 bits per heavy atom. The highest BCUT2D eigenvalue weighted by molar-refractivity contribution is 5.83. The first-order valence-corrected chi connectivity index (χ1v) is 6.39. The number of carbonyl (C=O) groups excluding carboxylic acids is 1. The topological polar surface area (TPSA) is 60.9 Å². The van der Waals surface area contributed by atoms with Gasteiger partial charge in [0, 0.05) is 31.6 Å². The van der Waals surface area contributed by atoms with Crippen LogP contribution in [-0.4, -0.2) is 58.0 Å². The van der Waals surface area contributed by atoms with Crippen LogP contribution in [0.1, 0.15) is 40.5 Å². The van der Waals surface area contributed by atoms with E-state index in [2.05, 4.69) is 25.7 Å². The van der Waals surface area contributed by atoms with Gasteiger partial charge in [-0.05, 0) is 34.1 Å². The largest absolute Gasteiger partial charge is 0.481 e. The van der Waals surface area contributed by atoms with Crippen LogP contribution < -0.4 is 0 Å². The molecule has 1 fully saturated rings. The van der Waals surface area contributed by atoms with E-state index in [0.717, 1.165) is 6.54 Å². The third kappa shape index (κ3) is 3.22. The molecule has 0 aliphatic carbocycles. The van der Waals surface area contributed by atoms with E-state index in [-0.39, 0.29) is 30.0 Å². The Bertz CT molecular complexity index is 336. The maximum absolute atomic E-state index is 12.3. The molecule has 104 valence electrons. The van der Waals surface area contributed by atoms with E-state index in [4.69, 9.17) is 5.11 Å². The van der Waals surface area contributed by atoms with Gasteiger partial charge in [-0.3, -0.25) is 14.5 Å². The average Bonchev–Trinajstić information content (AvgIpc) is 2.22. The molecule has 1 aliphatic heterocycles. The number of nitrogens with zero attached hydrogens (tertiary/aromatic N) is 2. The Labute approximate surface area is 109 Å². The molecule has 1 amide bonds. The van der Waals surface area contributed by atoms with Gasteiger partial charge in [0.15, 0.2) is 0 Å². The van der Waals surface area contributed by atoms with Crippen molar-refractivity contribution in [1.82, 2.24) is 9.80 Å². The van der Waals surface area contributed by atoms with E-state index in [1.54, 1.807) is 11.9 Å². The van der Waals surface area contributed by atoms with Gasteiger partial charge < -0.3 is 10.0 Å². The highest BCUT2D eigenvalue weighted by Gasteiger charge is 2.41. The Morgan fingerprint density at radius 1 is 1.44 bits per heavy atom. The molecule has 5 nitrogen and oxygen atoms in total. The van der Waals surface area contributed by atoms with Gasteiger partial charge in [0.1, 0.15) is 0 Å². The van der Waals surface area contributed by atoms with Crippen molar-refractivity contribution in [3.05, 3.63) is 0 Å². The second-order valence-corrected chi connectivity index (χ2v) is 6.07. The monoisotopic (exact) mass is 256 g/mol. The molecule has 1 rings (SSSR count). The van der Waals surface area contributed by atoms with E-state index in [1.807, 2.05) is 6.92 Å². The van der Waals surface area contributed by atoms with Crippen molar-refractivity contribution >= 4 is 11.9 Å². The number of carboxylic acids is 1. The molecule has 0 radical (unpaired) electrons. The van der Waals surface area contributed by atoms with Crippen LogP contribution in [0.2, 0.25) is 0 Å². The van der Waals surface area contributed by atoms with Crippen LogP contribution in [-0.2, 0) is 9.59 Å². The number of hydrogen-bond acceptors (Lipinski definition) is 3. The van der Waals surface area contributed by atoms with Gasteiger partial charge in [-0.25, -0.2) is 0 Å². The summed E-state index contributed by atoms with van der Waals surface area (Å²) in [5.74, 6) is -0.817. The lowest BCUT2D eigenvalue weighted by Gasteiger charge is -2.49. The molecule has 1 saturated heterocycles. The maximum atomic E-state index is 12.3. The van der Waals surface area contributed by atoms with Crippen molar-refractivity contribution < 1.29 is 14.7 Å². The summed E-state index contributed by atoms with van der Waals surface area (Å²) in [6.07, 6.45) is 0.410. The van der Waals surface area contributed by atoms with E-state index < -0.39 is 5.97 Å². The van der Waals surface area contributed by atoms with E-state index >= 15 is 0 Å². The van der Waals surface area contributed by atoms with Crippen molar-refractivity contribution in [3.8, 4) is 0 Å². The lowest BCUT2D eigenvalue weighted by atomic mass is 9.95. The van der Waals surface area contributed by atoms with Crippen LogP contribution in [0.15, 0.2) is 0 Å². The number of carboxylic acid groups (broad SMARTS) is 1. The summed E-state index contributed by atoms with van der Waals surface area (Å²) in [7, 11) is 1.79. The quantitative estimate of drug-likeness (QED) is 0.823. The van der Waals surface area contributed by atoms with Gasteiger partial charge in [-0.2, -0.15) is 0 Å². The minimum atomic E-state index is -0.849. The highest BCUT2D eigenvalue weighted by Crippen LogP contribution is 2.26. The summed E-state index contributed by atoms with van der Waals surface area (Å²) in [6.45, 7) is 8.99. The van der Waals surface area contributed by atoms with Crippen LogP contribution in [0, 0.1) is 0 Å². The van der Waals surface area contributed by atoms with Crippen molar-refractivity contribution in [2.24, 2.45) is 0 Å². The minimum Gasteiger partial charge on any atom is -0.481 e. The number of likely N-dealkylation sites (N-methyl/N-ethyl adjacent to an activating group) is 1. The minimum absolute atomic E-state index is 0.0323. The molecule has 1 N–H and O–H groups in total. The lowest BCUT2D eigenvalue weighted by molar-refractivity contribution is -0.149. The standard InChI is InChI=1S/C13H24N2O3/c1-9-8-15(13(2,3)4)10(6-7-11(16)17)12(18)14(9)5/h9-10H,6-8H2,1-5H3,(H,16,17). The molecule has 0 spiro atoms. The molecule has 0 aromatic rings. The predicted molar refractivity (Wildman–Crippen MR) is 69.3 cm³/mol. The van der Waals surface area contributed by atoms with Crippen molar-refractivity contribution in [3.63, 3.8) is 0 Å². The zero-order valence-electron chi connectivity index (χ0n) is 11.9. The smallest absolute Gasteiger partial charge is 0.303 e. The average molecular weight is 256 g/mol. The summed E-state index contributed by atoms with van der Waals surface area (Å²) in [4.78, 5) is 26.9. The Morgan fingerprint density at radius 3 is 2.44 bits per heavy atom.